The van der Waals surface area contributed by atoms with E-state index < -0.39 is 33.3 Å². The lowest BCUT2D eigenvalue weighted by molar-refractivity contribution is -0.126. The summed E-state index contributed by atoms with van der Waals surface area (Å²) in [6.07, 6.45) is 1.52. The predicted molar refractivity (Wildman–Crippen MR) is 106 cm³/mol. The molecule has 1 aromatic carbocycles. The van der Waals surface area contributed by atoms with E-state index in [2.05, 4.69) is 10.6 Å². The fraction of sp³-hybridized carbons (Fsp3) is 0.526. The molecule has 0 radical (unpaired) electrons. The summed E-state index contributed by atoms with van der Waals surface area (Å²) < 4.78 is 27.0. The number of carbonyl (C=O) groups is 3. The lowest BCUT2D eigenvalue weighted by Crippen LogP contribution is -2.64. The SMILES string of the molecule is CC1NC(=O)NC(=O)C1S(=O)(=O)N1CCC(C(=O)NCCc2ccccc2)CC1. The van der Waals surface area contributed by atoms with Crippen LogP contribution in [-0.4, -0.2) is 61.5 Å². The van der Waals surface area contributed by atoms with Gasteiger partial charge >= 0.3 is 6.03 Å². The van der Waals surface area contributed by atoms with Crippen LogP contribution >= 0.6 is 0 Å². The lowest BCUT2D eigenvalue weighted by atomic mass is 9.97. The van der Waals surface area contributed by atoms with Crippen molar-refractivity contribution in [3.8, 4) is 0 Å². The normalized spacial score (nSPS) is 23.9. The maximum Gasteiger partial charge on any atom is 0.321 e. The van der Waals surface area contributed by atoms with Gasteiger partial charge in [0.05, 0.1) is 6.04 Å². The highest BCUT2D eigenvalue weighted by Crippen LogP contribution is 2.24. The number of benzene rings is 1. The van der Waals surface area contributed by atoms with Crippen molar-refractivity contribution in [3.63, 3.8) is 0 Å². The molecule has 0 spiro atoms. The summed E-state index contributed by atoms with van der Waals surface area (Å²) >= 11 is 0. The first-order valence-corrected chi connectivity index (χ1v) is 11.2. The first-order chi connectivity index (χ1) is 13.8. The third-order valence-corrected chi connectivity index (χ3v) is 7.72. The van der Waals surface area contributed by atoms with Crippen LogP contribution in [-0.2, 0) is 26.0 Å². The molecule has 158 valence electrons. The number of nitrogens with one attached hydrogen (secondary N) is 3. The Morgan fingerprint density at radius 2 is 1.83 bits per heavy atom. The van der Waals surface area contributed by atoms with Crippen molar-refractivity contribution in [2.24, 2.45) is 5.92 Å². The Morgan fingerprint density at radius 3 is 2.45 bits per heavy atom. The molecule has 0 aromatic heterocycles. The molecule has 4 amide bonds. The van der Waals surface area contributed by atoms with Crippen LogP contribution in [0.5, 0.6) is 0 Å². The second-order valence-electron chi connectivity index (χ2n) is 7.42. The van der Waals surface area contributed by atoms with Crippen molar-refractivity contribution in [1.82, 2.24) is 20.3 Å². The fourth-order valence-corrected chi connectivity index (χ4v) is 5.73. The Labute approximate surface area is 170 Å². The number of hydrogen-bond acceptors (Lipinski definition) is 5. The molecule has 29 heavy (non-hydrogen) atoms. The molecule has 2 aliphatic heterocycles. The van der Waals surface area contributed by atoms with E-state index in [0.29, 0.717) is 19.4 Å². The van der Waals surface area contributed by atoms with E-state index in [1.165, 1.54) is 11.2 Å². The Hall–Kier alpha value is -2.46. The van der Waals surface area contributed by atoms with Gasteiger partial charge in [-0.3, -0.25) is 14.9 Å². The van der Waals surface area contributed by atoms with Crippen molar-refractivity contribution in [1.29, 1.82) is 0 Å². The van der Waals surface area contributed by atoms with Gasteiger partial charge in [-0.15, -0.1) is 0 Å². The molecule has 2 saturated heterocycles. The number of sulfonamides is 1. The summed E-state index contributed by atoms with van der Waals surface area (Å²) in [7, 11) is -3.93. The molecular formula is C19H26N4O5S. The molecule has 2 aliphatic rings. The summed E-state index contributed by atoms with van der Waals surface area (Å²) in [4.78, 5) is 35.8. The third kappa shape index (κ3) is 4.94. The summed E-state index contributed by atoms with van der Waals surface area (Å²) in [5, 5.41) is 5.99. The van der Waals surface area contributed by atoms with Gasteiger partial charge in [-0.05, 0) is 31.7 Å². The van der Waals surface area contributed by atoms with E-state index in [9.17, 15) is 22.8 Å². The highest BCUT2D eigenvalue weighted by Gasteiger charge is 2.46. The highest BCUT2D eigenvalue weighted by molar-refractivity contribution is 7.90. The van der Waals surface area contributed by atoms with Gasteiger partial charge in [-0.2, -0.15) is 0 Å². The van der Waals surface area contributed by atoms with Crippen molar-refractivity contribution in [3.05, 3.63) is 35.9 Å². The molecule has 0 bridgehead atoms. The molecule has 2 fully saturated rings. The standard InChI is InChI=1S/C19H26N4O5S/c1-13-16(18(25)22-19(26)21-13)29(27,28)23-11-8-15(9-12-23)17(24)20-10-7-14-5-3-2-4-6-14/h2-6,13,15-16H,7-12H2,1H3,(H,20,24)(H2,21,22,25,26). The molecule has 10 heteroatoms. The van der Waals surface area contributed by atoms with Crippen molar-refractivity contribution < 1.29 is 22.8 Å². The molecule has 3 N–H and O–H groups in total. The monoisotopic (exact) mass is 422 g/mol. The molecule has 2 unspecified atom stereocenters. The van der Waals surface area contributed by atoms with E-state index >= 15 is 0 Å². The number of nitrogens with zero attached hydrogens (tertiary/aromatic N) is 1. The van der Waals surface area contributed by atoms with E-state index in [0.717, 1.165) is 12.0 Å². The average molecular weight is 423 g/mol. The number of carbonyl (C=O) groups excluding carboxylic acids is 3. The number of amides is 4. The first kappa shape index (κ1) is 21.3. The quantitative estimate of drug-likeness (QED) is 0.594. The molecule has 9 nitrogen and oxygen atoms in total. The van der Waals surface area contributed by atoms with Gasteiger partial charge in [0.1, 0.15) is 0 Å². The van der Waals surface area contributed by atoms with Crippen molar-refractivity contribution in [2.75, 3.05) is 19.6 Å². The summed E-state index contributed by atoms with van der Waals surface area (Å²) in [6, 6.07) is 8.33. The van der Waals surface area contributed by atoms with Gasteiger partial charge in [0.15, 0.2) is 5.25 Å². The second kappa shape index (κ2) is 8.91. The Morgan fingerprint density at radius 1 is 1.17 bits per heavy atom. The third-order valence-electron chi connectivity index (χ3n) is 5.37. The Kier molecular flexibility index (Phi) is 6.53. The Balaban J connectivity index is 1.51. The number of hydrogen-bond donors (Lipinski definition) is 3. The molecule has 3 rings (SSSR count). The minimum absolute atomic E-state index is 0.0750. The topological polar surface area (TPSA) is 125 Å². The molecular weight excluding hydrogens is 396 g/mol. The molecule has 1 aromatic rings. The van der Waals surface area contributed by atoms with Crippen molar-refractivity contribution in [2.45, 2.75) is 37.5 Å². The van der Waals surface area contributed by atoms with Gasteiger partial charge in [-0.1, -0.05) is 30.3 Å². The van der Waals surface area contributed by atoms with Crippen LogP contribution in [0, 0.1) is 5.92 Å². The zero-order valence-electron chi connectivity index (χ0n) is 16.3. The minimum atomic E-state index is -3.93. The van der Waals surface area contributed by atoms with Crippen LogP contribution in [0.1, 0.15) is 25.3 Å². The van der Waals surface area contributed by atoms with Gasteiger partial charge in [-0.25, -0.2) is 17.5 Å². The molecule has 0 saturated carbocycles. The van der Waals surface area contributed by atoms with Crippen LogP contribution < -0.4 is 16.0 Å². The molecule has 2 atom stereocenters. The Bertz CT molecular complexity index is 866. The maximum atomic E-state index is 12.9. The number of urea groups is 1. The van der Waals surface area contributed by atoms with E-state index in [1.54, 1.807) is 0 Å². The van der Waals surface area contributed by atoms with Gasteiger partial charge in [0.2, 0.25) is 21.8 Å². The van der Waals surface area contributed by atoms with Gasteiger partial charge in [0.25, 0.3) is 0 Å². The van der Waals surface area contributed by atoms with E-state index in [1.807, 2.05) is 35.6 Å². The number of rotatable bonds is 6. The maximum absolute atomic E-state index is 12.9. The van der Waals surface area contributed by atoms with Gasteiger partial charge in [0, 0.05) is 25.6 Å². The number of imide groups is 1. The lowest BCUT2D eigenvalue weighted by Gasteiger charge is -2.36. The average Bonchev–Trinajstić information content (AvgIpc) is 2.68. The van der Waals surface area contributed by atoms with Crippen LogP contribution in [0.3, 0.4) is 0 Å². The smallest absolute Gasteiger partial charge is 0.321 e. The summed E-state index contributed by atoms with van der Waals surface area (Å²) in [6.45, 7) is 2.36. The first-order valence-electron chi connectivity index (χ1n) is 9.71. The van der Waals surface area contributed by atoms with Crippen LogP contribution in [0.25, 0.3) is 0 Å². The van der Waals surface area contributed by atoms with E-state index in [-0.39, 0.29) is 24.9 Å². The van der Waals surface area contributed by atoms with E-state index in [4.69, 9.17) is 0 Å². The minimum Gasteiger partial charge on any atom is -0.356 e. The highest BCUT2D eigenvalue weighted by atomic mass is 32.2. The zero-order valence-corrected chi connectivity index (χ0v) is 17.1. The molecule has 2 heterocycles. The van der Waals surface area contributed by atoms with Crippen molar-refractivity contribution >= 4 is 27.9 Å². The summed E-state index contributed by atoms with van der Waals surface area (Å²) in [5.41, 5.74) is 1.14. The second-order valence-corrected chi connectivity index (χ2v) is 9.47. The van der Waals surface area contributed by atoms with Crippen LogP contribution in [0.2, 0.25) is 0 Å². The van der Waals surface area contributed by atoms with Crippen LogP contribution in [0.4, 0.5) is 4.79 Å². The zero-order chi connectivity index (χ0) is 21.0. The summed E-state index contributed by atoms with van der Waals surface area (Å²) in [5.74, 6) is -1.15. The fourth-order valence-electron chi connectivity index (χ4n) is 3.77. The van der Waals surface area contributed by atoms with Crippen LogP contribution in [0.15, 0.2) is 30.3 Å². The number of piperidine rings is 1. The largest absolute Gasteiger partial charge is 0.356 e. The van der Waals surface area contributed by atoms with Gasteiger partial charge < -0.3 is 10.6 Å². The predicted octanol–water partition coefficient (Wildman–Crippen LogP) is -0.0164. The molecule has 0 aliphatic carbocycles.